The predicted molar refractivity (Wildman–Crippen MR) is 78.4 cm³/mol. The van der Waals surface area contributed by atoms with Gasteiger partial charge in [-0.2, -0.15) is 0 Å². The molecule has 0 aliphatic carbocycles. The van der Waals surface area contributed by atoms with Gasteiger partial charge < -0.3 is 9.47 Å². The Labute approximate surface area is 120 Å². The molecule has 1 heterocycles. The van der Waals surface area contributed by atoms with Gasteiger partial charge in [-0.1, -0.05) is 12.1 Å². The Balaban J connectivity index is 1.86. The van der Waals surface area contributed by atoms with E-state index in [9.17, 15) is 4.79 Å². The lowest BCUT2D eigenvalue weighted by atomic mass is 10.1. The van der Waals surface area contributed by atoms with Crippen molar-refractivity contribution in [3.05, 3.63) is 29.8 Å². The van der Waals surface area contributed by atoms with Crippen LogP contribution < -0.4 is 4.74 Å². The van der Waals surface area contributed by atoms with Crippen molar-refractivity contribution in [3.63, 3.8) is 0 Å². The molecule has 1 fully saturated rings. The van der Waals surface area contributed by atoms with Gasteiger partial charge in [-0.3, -0.25) is 9.69 Å². The Morgan fingerprint density at radius 1 is 1.35 bits per heavy atom. The van der Waals surface area contributed by atoms with Gasteiger partial charge in [0.05, 0.1) is 19.8 Å². The summed E-state index contributed by atoms with van der Waals surface area (Å²) in [5, 5.41) is 0. The second-order valence-electron chi connectivity index (χ2n) is 5.09. The van der Waals surface area contributed by atoms with Gasteiger partial charge >= 0.3 is 0 Å². The number of methoxy groups -OCH3 is 1. The van der Waals surface area contributed by atoms with Crippen LogP contribution >= 0.6 is 0 Å². The molecule has 1 aromatic rings. The molecule has 1 aliphatic rings. The molecule has 20 heavy (non-hydrogen) atoms. The fourth-order valence-electron chi connectivity index (χ4n) is 2.56. The summed E-state index contributed by atoms with van der Waals surface area (Å²) in [5.74, 6) is 0.879. The van der Waals surface area contributed by atoms with Crippen molar-refractivity contribution < 1.29 is 14.3 Å². The molecule has 1 aromatic carbocycles. The first kappa shape index (κ1) is 15.0. The quantitative estimate of drug-likeness (QED) is 0.748. The van der Waals surface area contributed by atoms with Gasteiger partial charge in [0.15, 0.2) is 5.78 Å². The molecular weight excluding hydrogens is 254 g/mol. The number of ketones is 1. The molecule has 0 N–H and O–H groups in total. The highest BCUT2D eigenvalue weighted by molar-refractivity contribution is 5.97. The lowest BCUT2D eigenvalue weighted by Gasteiger charge is -2.31. The van der Waals surface area contributed by atoms with Crippen LogP contribution in [0.5, 0.6) is 5.75 Å². The Kier molecular flexibility index (Phi) is 5.56. The van der Waals surface area contributed by atoms with Gasteiger partial charge in [0.2, 0.25) is 0 Å². The number of piperidine rings is 1. The van der Waals surface area contributed by atoms with E-state index in [0.29, 0.717) is 12.6 Å². The summed E-state index contributed by atoms with van der Waals surface area (Å²) in [6.07, 6.45) is 2.39. The lowest BCUT2D eigenvalue weighted by Crippen LogP contribution is -2.39. The van der Waals surface area contributed by atoms with E-state index in [2.05, 4.69) is 4.90 Å². The number of nitrogens with zero attached hydrogens (tertiary/aromatic N) is 1. The van der Waals surface area contributed by atoms with Crippen molar-refractivity contribution >= 4 is 5.78 Å². The predicted octanol–water partition coefficient (Wildman–Crippen LogP) is 2.38. The molecule has 2 rings (SSSR count). The van der Waals surface area contributed by atoms with Crippen molar-refractivity contribution in [2.24, 2.45) is 0 Å². The highest BCUT2D eigenvalue weighted by Gasteiger charge is 2.21. The minimum atomic E-state index is 0.152. The Bertz CT molecular complexity index is 439. The van der Waals surface area contributed by atoms with Gasteiger partial charge in [-0.15, -0.1) is 0 Å². The first-order chi connectivity index (χ1) is 9.72. The van der Waals surface area contributed by atoms with Crippen LogP contribution in [0.1, 0.15) is 30.1 Å². The molecular formula is C16H23NO3. The van der Waals surface area contributed by atoms with Crippen molar-refractivity contribution in [1.82, 2.24) is 4.90 Å². The molecule has 0 spiro atoms. The Morgan fingerprint density at radius 3 is 2.75 bits per heavy atom. The van der Waals surface area contributed by atoms with Crippen LogP contribution in [0.3, 0.4) is 0 Å². The summed E-state index contributed by atoms with van der Waals surface area (Å²) in [4.78, 5) is 14.5. The lowest BCUT2D eigenvalue weighted by molar-refractivity contribution is 0.0147. The summed E-state index contributed by atoms with van der Waals surface area (Å²) >= 11 is 0. The zero-order valence-corrected chi connectivity index (χ0v) is 12.3. The molecule has 0 saturated carbocycles. The molecule has 1 aliphatic heterocycles. The number of hydrogen-bond donors (Lipinski definition) is 0. The summed E-state index contributed by atoms with van der Waals surface area (Å²) in [6.45, 7) is 5.14. The van der Waals surface area contributed by atoms with Crippen molar-refractivity contribution in [2.45, 2.75) is 25.9 Å². The minimum absolute atomic E-state index is 0.152. The van der Waals surface area contributed by atoms with Crippen molar-refractivity contribution in [3.8, 4) is 5.75 Å². The molecule has 4 heteroatoms. The number of rotatable bonds is 6. The van der Waals surface area contributed by atoms with Crippen LogP contribution in [0.4, 0.5) is 0 Å². The van der Waals surface area contributed by atoms with E-state index in [1.165, 1.54) is 0 Å². The van der Waals surface area contributed by atoms with Gasteiger partial charge in [0.25, 0.3) is 0 Å². The SMILES string of the molecule is CCOC1CCN(CC(=O)c2cccc(OC)c2)CC1. The second kappa shape index (κ2) is 7.41. The van der Waals surface area contributed by atoms with E-state index in [-0.39, 0.29) is 5.78 Å². The maximum atomic E-state index is 12.3. The Morgan fingerprint density at radius 2 is 2.10 bits per heavy atom. The number of Topliss-reactive ketones (excluding diaryl/α,β-unsaturated/α-hetero) is 1. The normalized spacial score (nSPS) is 17.1. The molecule has 4 nitrogen and oxygen atoms in total. The van der Waals surface area contributed by atoms with Crippen LogP contribution in [0.15, 0.2) is 24.3 Å². The number of likely N-dealkylation sites (tertiary alicyclic amines) is 1. The van der Waals surface area contributed by atoms with Crippen LogP contribution in [-0.4, -0.2) is 50.1 Å². The van der Waals surface area contributed by atoms with E-state index in [1.54, 1.807) is 13.2 Å². The summed E-state index contributed by atoms with van der Waals surface area (Å²) in [7, 11) is 1.61. The van der Waals surface area contributed by atoms with E-state index in [1.807, 2.05) is 25.1 Å². The first-order valence-corrected chi connectivity index (χ1v) is 7.24. The van der Waals surface area contributed by atoms with E-state index in [4.69, 9.17) is 9.47 Å². The molecule has 0 aromatic heterocycles. The monoisotopic (exact) mass is 277 g/mol. The van der Waals surface area contributed by atoms with Crippen molar-refractivity contribution in [1.29, 1.82) is 0 Å². The minimum Gasteiger partial charge on any atom is -0.497 e. The van der Waals surface area contributed by atoms with E-state index < -0.39 is 0 Å². The average molecular weight is 277 g/mol. The fraction of sp³-hybridized carbons (Fsp3) is 0.562. The summed E-state index contributed by atoms with van der Waals surface area (Å²) < 4.78 is 10.8. The number of hydrogen-bond acceptors (Lipinski definition) is 4. The van der Waals surface area contributed by atoms with Crippen LogP contribution in [0, 0.1) is 0 Å². The van der Waals surface area contributed by atoms with Gasteiger partial charge in [0, 0.05) is 25.3 Å². The largest absolute Gasteiger partial charge is 0.497 e. The standard InChI is InChI=1S/C16H23NO3/c1-3-20-14-7-9-17(10-8-14)12-16(18)13-5-4-6-15(11-13)19-2/h4-6,11,14H,3,7-10,12H2,1-2H3. The zero-order valence-electron chi connectivity index (χ0n) is 12.3. The topological polar surface area (TPSA) is 38.8 Å². The third-order valence-electron chi connectivity index (χ3n) is 3.70. The molecule has 0 amide bonds. The molecule has 0 unspecified atom stereocenters. The average Bonchev–Trinajstić information content (AvgIpc) is 2.49. The number of benzene rings is 1. The van der Waals surface area contributed by atoms with Gasteiger partial charge in [0.1, 0.15) is 5.75 Å². The summed E-state index contributed by atoms with van der Waals surface area (Å²) in [6, 6.07) is 7.35. The second-order valence-corrected chi connectivity index (χ2v) is 5.09. The third kappa shape index (κ3) is 4.05. The highest BCUT2D eigenvalue weighted by Crippen LogP contribution is 2.16. The van der Waals surface area contributed by atoms with Gasteiger partial charge in [-0.05, 0) is 31.9 Å². The Hall–Kier alpha value is -1.39. The molecule has 1 saturated heterocycles. The zero-order chi connectivity index (χ0) is 14.4. The summed E-state index contributed by atoms with van der Waals surface area (Å²) in [5.41, 5.74) is 0.719. The molecule has 0 radical (unpaired) electrons. The fourth-order valence-corrected chi connectivity index (χ4v) is 2.56. The number of ether oxygens (including phenoxy) is 2. The number of carbonyl (C=O) groups is 1. The van der Waals surface area contributed by atoms with Crippen LogP contribution in [0.2, 0.25) is 0 Å². The molecule has 0 atom stereocenters. The van der Waals surface area contributed by atoms with Crippen LogP contribution in [-0.2, 0) is 4.74 Å². The molecule has 0 bridgehead atoms. The maximum absolute atomic E-state index is 12.3. The van der Waals surface area contributed by atoms with E-state index >= 15 is 0 Å². The van der Waals surface area contributed by atoms with Gasteiger partial charge in [-0.25, -0.2) is 0 Å². The number of carbonyl (C=O) groups excluding carboxylic acids is 1. The molecule has 110 valence electrons. The maximum Gasteiger partial charge on any atom is 0.176 e. The smallest absolute Gasteiger partial charge is 0.176 e. The van der Waals surface area contributed by atoms with E-state index in [0.717, 1.165) is 43.9 Å². The first-order valence-electron chi connectivity index (χ1n) is 7.24. The van der Waals surface area contributed by atoms with Crippen molar-refractivity contribution in [2.75, 3.05) is 33.4 Å². The highest BCUT2D eigenvalue weighted by atomic mass is 16.5. The third-order valence-corrected chi connectivity index (χ3v) is 3.70. The van der Waals surface area contributed by atoms with Crippen LogP contribution in [0.25, 0.3) is 0 Å².